The molecule has 0 aliphatic heterocycles. The Bertz CT molecular complexity index is 445. The molecule has 0 amide bonds. The zero-order valence-electron chi connectivity index (χ0n) is 8.62. The second-order valence-corrected chi connectivity index (χ2v) is 3.65. The molecule has 0 radical (unpaired) electrons. The summed E-state index contributed by atoms with van der Waals surface area (Å²) in [6.07, 6.45) is 6.58. The Morgan fingerprint density at radius 3 is 2.93 bits per heavy atom. The number of hydrogen-bond donors (Lipinski definition) is 1. The lowest BCUT2D eigenvalue weighted by Gasteiger charge is -2.10. The molecule has 0 atom stereocenters. The Morgan fingerprint density at radius 2 is 2.40 bits per heavy atom. The van der Waals surface area contributed by atoms with Gasteiger partial charge in [0.05, 0.1) is 24.5 Å². The van der Waals surface area contributed by atoms with Crippen LogP contribution in [0.4, 0.5) is 5.69 Å². The molecule has 0 spiro atoms. The normalized spacial score (nSPS) is 10.1. The van der Waals surface area contributed by atoms with Crippen LogP contribution >= 0.6 is 11.6 Å². The first-order valence-electron chi connectivity index (χ1n) is 4.52. The summed E-state index contributed by atoms with van der Waals surface area (Å²) in [4.78, 5) is 11.7. The highest BCUT2D eigenvalue weighted by atomic mass is 35.5. The first kappa shape index (κ1) is 11.6. The number of rotatable bonds is 3. The van der Waals surface area contributed by atoms with Crippen LogP contribution in [0.25, 0.3) is 0 Å². The van der Waals surface area contributed by atoms with E-state index in [0.717, 1.165) is 0 Å². The lowest BCUT2D eigenvalue weighted by molar-refractivity contribution is 0.503. The molecule has 5 heteroatoms. The number of anilines is 1. The molecule has 1 heterocycles. The summed E-state index contributed by atoms with van der Waals surface area (Å²) in [5.74, 6) is 2.39. The predicted molar refractivity (Wildman–Crippen MR) is 61.2 cm³/mol. The van der Waals surface area contributed by atoms with Gasteiger partial charge < -0.3 is 5.32 Å². The molecule has 0 unspecified atom stereocenters. The summed E-state index contributed by atoms with van der Waals surface area (Å²) < 4.78 is 1.32. The Balaban J connectivity index is 3.11. The van der Waals surface area contributed by atoms with Gasteiger partial charge in [0, 0.05) is 0 Å². The maximum atomic E-state index is 11.7. The molecule has 0 saturated carbocycles. The molecular formula is C10H12ClN3O. The summed E-state index contributed by atoms with van der Waals surface area (Å²) in [6, 6.07) is -0.0170. The fraction of sp³-hybridized carbons (Fsp3) is 0.400. The summed E-state index contributed by atoms with van der Waals surface area (Å²) in [5.41, 5.74) is 0.158. The highest BCUT2D eigenvalue weighted by Crippen LogP contribution is 2.15. The number of nitrogens with one attached hydrogen (secondary N) is 1. The van der Waals surface area contributed by atoms with E-state index in [1.807, 2.05) is 13.8 Å². The quantitative estimate of drug-likeness (QED) is 0.794. The van der Waals surface area contributed by atoms with Crippen molar-refractivity contribution in [2.75, 3.05) is 11.9 Å². The highest BCUT2D eigenvalue weighted by Gasteiger charge is 2.10. The van der Waals surface area contributed by atoms with Crippen LogP contribution in [0.2, 0.25) is 5.02 Å². The molecule has 80 valence electrons. The first-order valence-corrected chi connectivity index (χ1v) is 4.90. The smallest absolute Gasteiger partial charge is 0.287 e. The Labute approximate surface area is 93.3 Å². The van der Waals surface area contributed by atoms with Gasteiger partial charge in [-0.25, -0.2) is 4.68 Å². The van der Waals surface area contributed by atoms with Crippen LogP contribution in [0.15, 0.2) is 11.0 Å². The molecule has 1 aromatic heterocycles. The van der Waals surface area contributed by atoms with Crippen molar-refractivity contribution >= 4 is 17.3 Å². The molecule has 0 saturated heterocycles. The van der Waals surface area contributed by atoms with Crippen LogP contribution in [-0.2, 0) is 0 Å². The zero-order valence-corrected chi connectivity index (χ0v) is 9.38. The molecule has 1 rings (SSSR count). The molecule has 0 fully saturated rings. The maximum absolute atomic E-state index is 11.7. The Morgan fingerprint density at radius 1 is 1.73 bits per heavy atom. The lowest BCUT2D eigenvalue weighted by atomic mass is 10.4. The Kier molecular flexibility index (Phi) is 3.75. The van der Waals surface area contributed by atoms with E-state index in [2.05, 4.69) is 16.3 Å². The number of hydrogen-bond acceptors (Lipinski definition) is 3. The minimum Gasteiger partial charge on any atom is -0.371 e. The zero-order chi connectivity index (χ0) is 11.4. The van der Waals surface area contributed by atoms with Crippen molar-refractivity contribution in [2.24, 2.45) is 0 Å². The number of nitrogens with zero attached hydrogens (tertiary/aromatic N) is 2. The monoisotopic (exact) mass is 225 g/mol. The van der Waals surface area contributed by atoms with Crippen LogP contribution in [0.3, 0.4) is 0 Å². The van der Waals surface area contributed by atoms with Crippen LogP contribution in [0.1, 0.15) is 19.9 Å². The van der Waals surface area contributed by atoms with Gasteiger partial charge in [0.2, 0.25) is 0 Å². The second kappa shape index (κ2) is 4.85. The number of aromatic nitrogens is 2. The van der Waals surface area contributed by atoms with E-state index in [-0.39, 0.29) is 16.6 Å². The van der Waals surface area contributed by atoms with Crippen molar-refractivity contribution in [3.05, 3.63) is 21.6 Å². The van der Waals surface area contributed by atoms with Crippen LogP contribution in [-0.4, -0.2) is 16.3 Å². The SMILES string of the molecule is C#CCNc1cnn(C(C)C)c(=O)c1Cl. The van der Waals surface area contributed by atoms with Crippen LogP contribution in [0.5, 0.6) is 0 Å². The highest BCUT2D eigenvalue weighted by molar-refractivity contribution is 6.32. The van der Waals surface area contributed by atoms with Crippen molar-refractivity contribution in [3.63, 3.8) is 0 Å². The third-order valence-corrected chi connectivity index (χ3v) is 2.18. The average Bonchev–Trinajstić information content (AvgIpc) is 2.20. The van der Waals surface area contributed by atoms with Gasteiger partial charge in [-0.3, -0.25) is 4.79 Å². The third kappa shape index (κ3) is 2.51. The van der Waals surface area contributed by atoms with Gasteiger partial charge in [-0.1, -0.05) is 17.5 Å². The van der Waals surface area contributed by atoms with Gasteiger partial charge in [-0.05, 0) is 13.8 Å². The van der Waals surface area contributed by atoms with Crippen molar-refractivity contribution in [1.82, 2.24) is 9.78 Å². The van der Waals surface area contributed by atoms with Crippen molar-refractivity contribution < 1.29 is 0 Å². The van der Waals surface area contributed by atoms with Gasteiger partial charge >= 0.3 is 0 Å². The minimum absolute atomic E-state index is 0.0170. The molecule has 4 nitrogen and oxygen atoms in total. The molecule has 0 aliphatic rings. The van der Waals surface area contributed by atoms with Crippen molar-refractivity contribution in [3.8, 4) is 12.3 Å². The first-order chi connectivity index (χ1) is 7.07. The second-order valence-electron chi connectivity index (χ2n) is 3.27. The predicted octanol–water partition coefficient (Wildman–Crippen LogP) is 1.52. The van der Waals surface area contributed by atoms with Gasteiger partial charge in [0.25, 0.3) is 5.56 Å². The number of terminal acetylenes is 1. The van der Waals surface area contributed by atoms with Crippen LogP contribution in [0, 0.1) is 12.3 Å². The van der Waals surface area contributed by atoms with E-state index in [1.54, 1.807) is 0 Å². The van der Waals surface area contributed by atoms with Crippen molar-refractivity contribution in [1.29, 1.82) is 0 Å². The van der Waals surface area contributed by atoms with Gasteiger partial charge in [-0.2, -0.15) is 5.10 Å². The van der Waals surface area contributed by atoms with E-state index < -0.39 is 0 Å². The van der Waals surface area contributed by atoms with Gasteiger partial charge in [0.1, 0.15) is 5.02 Å². The average molecular weight is 226 g/mol. The molecule has 1 aromatic rings. The third-order valence-electron chi connectivity index (χ3n) is 1.81. The molecule has 0 aliphatic carbocycles. The van der Waals surface area contributed by atoms with Gasteiger partial charge in [-0.15, -0.1) is 6.42 Å². The standard InChI is InChI=1S/C10H12ClN3O/c1-4-5-12-8-6-13-14(7(2)3)10(15)9(8)11/h1,6-7,12H,5H2,2-3H3. The molecule has 15 heavy (non-hydrogen) atoms. The van der Waals surface area contributed by atoms with E-state index >= 15 is 0 Å². The molecule has 1 N–H and O–H groups in total. The minimum atomic E-state index is -0.311. The summed E-state index contributed by atoms with van der Waals surface area (Å²) in [7, 11) is 0. The Hall–Kier alpha value is -1.47. The molecular weight excluding hydrogens is 214 g/mol. The fourth-order valence-electron chi connectivity index (χ4n) is 1.08. The van der Waals surface area contributed by atoms with E-state index in [0.29, 0.717) is 12.2 Å². The number of halogens is 1. The summed E-state index contributed by atoms with van der Waals surface area (Å²) >= 11 is 5.87. The van der Waals surface area contributed by atoms with Crippen LogP contribution < -0.4 is 10.9 Å². The molecule has 0 aromatic carbocycles. The summed E-state index contributed by atoms with van der Waals surface area (Å²) in [6.45, 7) is 4.03. The topological polar surface area (TPSA) is 46.9 Å². The lowest BCUT2D eigenvalue weighted by Crippen LogP contribution is -2.25. The van der Waals surface area contributed by atoms with E-state index in [1.165, 1.54) is 10.9 Å². The van der Waals surface area contributed by atoms with Crippen molar-refractivity contribution in [2.45, 2.75) is 19.9 Å². The maximum Gasteiger partial charge on any atom is 0.287 e. The van der Waals surface area contributed by atoms with Gasteiger partial charge in [0.15, 0.2) is 0 Å². The largest absolute Gasteiger partial charge is 0.371 e. The van der Waals surface area contributed by atoms with E-state index in [9.17, 15) is 4.79 Å². The van der Waals surface area contributed by atoms with E-state index in [4.69, 9.17) is 18.0 Å². The molecule has 0 bridgehead atoms. The fourth-order valence-corrected chi connectivity index (χ4v) is 1.28. The summed E-state index contributed by atoms with van der Waals surface area (Å²) in [5, 5.41) is 6.93.